The molecule has 2 heterocycles. The molecule has 0 amide bonds. The lowest BCUT2D eigenvalue weighted by atomic mass is 10.1. The highest BCUT2D eigenvalue weighted by molar-refractivity contribution is 5.72. The first-order valence-electron chi connectivity index (χ1n) is 4.26. The third kappa shape index (κ3) is 1.62. The molecule has 0 aromatic rings. The van der Waals surface area contributed by atoms with E-state index < -0.39 is 0 Å². The van der Waals surface area contributed by atoms with Crippen LogP contribution in [0.2, 0.25) is 0 Å². The van der Waals surface area contributed by atoms with Crippen LogP contribution in [-0.4, -0.2) is 30.6 Å². The maximum Gasteiger partial charge on any atom is 0.308 e. The summed E-state index contributed by atoms with van der Waals surface area (Å²) in [4.78, 5) is 20.8. The van der Waals surface area contributed by atoms with Crippen LogP contribution >= 0.6 is 0 Å². The first-order valence-corrected chi connectivity index (χ1v) is 4.26. The number of hydrogen-bond acceptors (Lipinski definition) is 4. The quantitative estimate of drug-likeness (QED) is 0.348. The van der Waals surface area contributed by atoms with Gasteiger partial charge in [-0.2, -0.15) is 0 Å². The predicted molar refractivity (Wildman–Crippen MR) is 43.0 cm³/mol. The van der Waals surface area contributed by atoms with Crippen LogP contribution in [0.4, 0.5) is 0 Å². The van der Waals surface area contributed by atoms with E-state index in [0.29, 0.717) is 19.1 Å². The van der Waals surface area contributed by atoms with Crippen molar-refractivity contribution in [2.45, 2.75) is 31.2 Å². The Balaban J connectivity index is 1.93. The van der Waals surface area contributed by atoms with Crippen LogP contribution in [0.3, 0.4) is 0 Å². The minimum atomic E-state index is -0.187. The molecule has 2 fully saturated rings. The molecule has 0 spiro atoms. The Kier molecular flexibility index (Phi) is 2.14. The molecule has 3 atom stereocenters. The molecule has 0 aliphatic carbocycles. The highest BCUT2D eigenvalue weighted by Gasteiger charge is 2.43. The Bertz CT molecular complexity index is 242. The molecule has 4 heteroatoms. The molecule has 0 radical (unpaired) electrons. The summed E-state index contributed by atoms with van der Waals surface area (Å²) in [6.07, 6.45) is 4.54. The largest absolute Gasteiger partial charge is 0.459 e. The van der Waals surface area contributed by atoms with Gasteiger partial charge >= 0.3 is 5.97 Å². The molecule has 0 aromatic carbocycles. The van der Waals surface area contributed by atoms with Crippen LogP contribution in [-0.2, 0) is 19.1 Å². The van der Waals surface area contributed by atoms with E-state index in [1.54, 1.807) is 6.08 Å². The van der Waals surface area contributed by atoms with Gasteiger partial charge in [-0.15, -0.1) is 0 Å². The summed E-state index contributed by atoms with van der Waals surface area (Å²) in [5.74, 6) is -0.187. The summed E-state index contributed by atoms with van der Waals surface area (Å²) in [5, 5.41) is 0. The Morgan fingerprint density at radius 2 is 2.23 bits per heavy atom. The summed E-state index contributed by atoms with van der Waals surface area (Å²) in [6, 6.07) is 0. The average molecular weight is 182 g/mol. The van der Waals surface area contributed by atoms with E-state index in [0.717, 1.165) is 0 Å². The molecule has 13 heavy (non-hydrogen) atoms. The Morgan fingerprint density at radius 3 is 2.92 bits per heavy atom. The van der Waals surface area contributed by atoms with E-state index in [1.165, 1.54) is 6.08 Å². The predicted octanol–water partition coefficient (Wildman–Crippen LogP) is 0.214. The van der Waals surface area contributed by atoms with Crippen LogP contribution in [0.1, 0.15) is 12.8 Å². The van der Waals surface area contributed by atoms with E-state index in [4.69, 9.17) is 9.47 Å². The molecule has 4 nitrogen and oxygen atoms in total. The molecule has 2 saturated heterocycles. The van der Waals surface area contributed by atoms with Gasteiger partial charge in [0.1, 0.15) is 18.5 Å². The average Bonchev–Trinajstić information content (AvgIpc) is 2.57. The van der Waals surface area contributed by atoms with Crippen molar-refractivity contribution in [3.05, 3.63) is 12.2 Å². The zero-order valence-corrected chi connectivity index (χ0v) is 7.01. The number of allylic oxidation sites excluding steroid dienone is 1. The van der Waals surface area contributed by atoms with E-state index >= 15 is 0 Å². The number of fused-ring (bicyclic) bond motifs is 1. The summed E-state index contributed by atoms with van der Waals surface area (Å²) < 4.78 is 10.5. The van der Waals surface area contributed by atoms with Crippen molar-refractivity contribution in [1.82, 2.24) is 0 Å². The van der Waals surface area contributed by atoms with Crippen LogP contribution in [0.15, 0.2) is 12.2 Å². The summed E-state index contributed by atoms with van der Waals surface area (Å²) >= 11 is 0. The van der Waals surface area contributed by atoms with Crippen molar-refractivity contribution in [2.75, 3.05) is 0 Å². The monoisotopic (exact) mass is 182 g/mol. The van der Waals surface area contributed by atoms with Crippen molar-refractivity contribution in [2.24, 2.45) is 0 Å². The third-order valence-corrected chi connectivity index (χ3v) is 2.28. The zero-order valence-electron chi connectivity index (χ0n) is 7.01. The maximum absolute atomic E-state index is 10.8. The van der Waals surface area contributed by atoms with Gasteiger partial charge in [-0.05, 0) is 6.08 Å². The Hall–Kier alpha value is -1.16. The first kappa shape index (κ1) is 8.44. The van der Waals surface area contributed by atoms with Gasteiger partial charge in [-0.3, -0.25) is 9.59 Å². The fourth-order valence-electron chi connectivity index (χ4n) is 1.73. The molecule has 0 aromatic heterocycles. The van der Waals surface area contributed by atoms with Gasteiger partial charge in [-0.1, -0.05) is 6.08 Å². The molecule has 0 saturated carbocycles. The SMILES string of the molecule is O=C/C=C/[C@@H]1C[C@H]2OC(=O)C[C@H]2O1. The number of carbonyl (C=O) groups is 2. The first-order chi connectivity index (χ1) is 6.29. The van der Waals surface area contributed by atoms with Crippen molar-refractivity contribution in [1.29, 1.82) is 0 Å². The van der Waals surface area contributed by atoms with E-state index in [9.17, 15) is 9.59 Å². The number of esters is 1. The number of carbonyl (C=O) groups excluding carboxylic acids is 2. The minimum Gasteiger partial charge on any atom is -0.459 e. The zero-order chi connectivity index (χ0) is 9.26. The van der Waals surface area contributed by atoms with Crippen molar-refractivity contribution >= 4 is 12.3 Å². The van der Waals surface area contributed by atoms with Gasteiger partial charge in [0.2, 0.25) is 0 Å². The molecule has 0 bridgehead atoms. The molecule has 2 rings (SSSR count). The van der Waals surface area contributed by atoms with Crippen LogP contribution in [0.25, 0.3) is 0 Å². The summed E-state index contributed by atoms with van der Waals surface area (Å²) in [7, 11) is 0. The van der Waals surface area contributed by atoms with Crippen molar-refractivity contribution in [3.63, 3.8) is 0 Å². The van der Waals surface area contributed by atoms with Gasteiger partial charge in [-0.25, -0.2) is 0 Å². The fourth-order valence-corrected chi connectivity index (χ4v) is 1.73. The van der Waals surface area contributed by atoms with Crippen molar-refractivity contribution in [3.8, 4) is 0 Å². The fraction of sp³-hybridized carbons (Fsp3) is 0.556. The third-order valence-electron chi connectivity index (χ3n) is 2.28. The molecular weight excluding hydrogens is 172 g/mol. The topological polar surface area (TPSA) is 52.6 Å². The van der Waals surface area contributed by atoms with Crippen LogP contribution in [0, 0.1) is 0 Å². The van der Waals surface area contributed by atoms with E-state index in [1.807, 2.05) is 0 Å². The lowest BCUT2D eigenvalue weighted by Gasteiger charge is -2.04. The van der Waals surface area contributed by atoms with E-state index in [2.05, 4.69) is 0 Å². The minimum absolute atomic E-state index is 0.0756. The second-order valence-electron chi connectivity index (χ2n) is 3.20. The van der Waals surface area contributed by atoms with Gasteiger partial charge in [0.05, 0.1) is 12.5 Å². The summed E-state index contributed by atoms with van der Waals surface area (Å²) in [5.41, 5.74) is 0. The lowest BCUT2D eigenvalue weighted by Crippen LogP contribution is -2.13. The standard InChI is InChI=1S/C9H10O4/c10-3-1-2-6-4-7-8(12-6)5-9(11)13-7/h1-3,6-8H,4-5H2/b2-1+/t6-,7-,8-/m1/s1. The normalized spacial score (nSPS) is 37.8. The number of hydrogen-bond donors (Lipinski definition) is 0. The summed E-state index contributed by atoms with van der Waals surface area (Å²) in [6.45, 7) is 0. The molecule has 0 unspecified atom stereocenters. The highest BCUT2D eigenvalue weighted by atomic mass is 16.6. The van der Waals surface area contributed by atoms with Gasteiger partial charge in [0.15, 0.2) is 0 Å². The molecular formula is C9H10O4. The van der Waals surface area contributed by atoms with Crippen LogP contribution < -0.4 is 0 Å². The van der Waals surface area contributed by atoms with Gasteiger partial charge < -0.3 is 9.47 Å². The molecule has 2 aliphatic rings. The maximum atomic E-state index is 10.8. The second-order valence-corrected chi connectivity index (χ2v) is 3.20. The Morgan fingerprint density at radius 1 is 1.38 bits per heavy atom. The Labute approximate surface area is 75.5 Å². The smallest absolute Gasteiger partial charge is 0.308 e. The number of aldehydes is 1. The second kappa shape index (κ2) is 3.30. The molecule has 2 aliphatic heterocycles. The number of ether oxygens (including phenoxy) is 2. The van der Waals surface area contributed by atoms with Gasteiger partial charge in [0.25, 0.3) is 0 Å². The van der Waals surface area contributed by atoms with Gasteiger partial charge in [0, 0.05) is 6.42 Å². The molecule has 0 N–H and O–H groups in total. The molecule has 70 valence electrons. The number of rotatable bonds is 2. The van der Waals surface area contributed by atoms with E-state index in [-0.39, 0.29) is 24.3 Å². The van der Waals surface area contributed by atoms with Crippen molar-refractivity contribution < 1.29 is 19.1 Å². The lowest BCUT2D eigenvalue weighted by molar-refractivity contribution is -0.141. The van der Waals surface area contributed by atoms with Crippen LogP contribution in [0.5, 0.6) is 0 Å². The highest BCUT2D eigenvalue weighted by Crippen LogP contribution is 2.31.